The molecule has 0 bridgehead atoms. The first-order valence-electron chi connectivity index (χ1n) is 15.4. The number of ether oxygens (including phenoxy) is 1. The van der Waals surface area contributed by atoms with Crippen molar-refractivity contribution in [1.82, 2.24) is 19.4 Å². The smallest absolute Gasteiger partial charge is 0.255 e. The lowest BCUT2D eigenvalue weighted by Crippen LogP contribution is -2.38. The molecule has 0 aliphatic carbocycles. The Morgan fingerprint density at radius 1 is 0.979 bits per heavy atom. The molecule has 0 radical (unpaired) electrons. The molecule has 1 fully saturated rings. The number of benzene rings is 3. The summed E-state index contributed by atoms with van der Waals surface area (Å²) in [4.78, 5) is 29.4. The highest BCUT2D eigenvalue weighted by Crippen LogP contribution is 2.35. The maximum Gasteiger partial charge on any atom is 0.255 e. The summed E-state index contributed by atoms with van der Waals surface area (Å²) in [5.74, 6) is -1.49. The van der Waals surface area contributed by atoms with Gasteiger partial charge in [0.25, 0.3) is 5.91 Å². The molecular weight excluding hydrogens is 616 g/mol. The summed E-state index contributed by atoms with van der Waals surface area (Å²) >= 11 is 0. The molecule has 1 amide bonds. The van der Waals surface area contributed by atoms with Crippen molar-refractivity contribution in [3.63, 3.8) is 0 Å². The van der Waals surface area contributed by atoms with Gasteiger partial charge in [-0.3, -0.25) is 9.20 Å². The number of aliphatic hydroxyl groups excluding tert-OH is 1. The number of β-amino-alcohol motifs (C(OH)–C–C–N with tert-alkyl or cyclic N) is 1. The summed E-state index contributed by atoms with van der Waals surface area (Å²) in [5, 5.41) is 15.8. The predicted octanol–water partition coefficient (Wildman–Crippen LogP) is 6.70. The predicted molar refractivity (Wildman–Crippen MR) is 180 cm³/mol. The molecule has 1 atom stereocenters. The van der Waals surface area contributed by atoms with Crippen LogP contribution in [0.1, 0.15) is 23.2 Å². The van der Waals surface area contributed by atoms with E-state index in [0.29, 0.717) is 52.2 Å². The summed E-state index contributed by atoms with van der Waals surface area (Å²) < 4.78 is 36.1. The van der Waals surface area contributed by atoms with Crippen molar-refractivity contribution in [3.8, 4) is 28.4 Å². The molecule has 3 aromatic carbocycles. The highest BCUT2D eigenvalue weighted by molar-refractivity contribution is 6.05. The number of hydrogen-bond acceptors (Lipinski definition) is 8. The number of pyridine rings is 1. The third-order valence-electron chi connectivity index (χ3n) is 8.22. The van der Waals surface area contributed by atoms with E-state index >= 15 is 0 Å². The number of anilines is 4. The van der Waals surface area contributed by atoms with Gasteiger partial charge in [-0.2, -0.15) is 0 Å². The summed E-state index contributed by atoms with van der Waals surface area (Å²) in [6.07, 6.45) is 4.87. The highest BCUT2D eigenvalue weighted by atomic mass is 19.1. The monoisotopic (exact) mass is 647 g/mol. The first-order valence-corrected chi connectivity index (χ1v) is 15.4. The quantitative estimate of drug-likeness (QED) is 0.167. The zero-order chi connectivity index (χ0) is 33.2. The summed E-state index contributed by atoms with van der Waals surface area (Å²) in [6.45, 7) is 1.43. The second kappa shape index (κ2) is 13.1. The van der Waals surface area contributed by atoms with Gasteiger partial charge in [-0.25, -0.2) is 23.7 Å². The molecule has 10 nitrogen and oxygen atoms in total. The van der Waals surface area contributed by atoms with Gasteiger partial charge in [-0.1, -0.05) is 24.3 Å². The van der Waals surface area contributed by atoms with Gasteiger partial charge in [0.1, 0.15) is 28.7 Å². The number of methoxy groups -OCH3 is 1. The van der Waals surface area contributed by atoms with Crippen molar-refractivity contribution in [3.05, 3.63) is 115 Å². The van der Waals surface area contributed by atoms with Crippen LogP contribution in [0.15, 0.2) is 97.3 Å². The van der Waals surface area contributed by atoms with Crippen molar-refractivity contribution >= 4 is 34.6 Å². The number of nitrogens with one attached hydrogen (secondary N) is 2. The van der Waals surface area contributed by atoms with Crippen LogP contribution in [0.4, 0.5) is 31.8 Å². The summed E-state index contributed by atoms with van der Waals surface area (Å²) in [5.41, 5.74) is 4.31. The zero-order valence-corrected chi connectivity index (χ0v) is 25.9. The fourth-order valence-electron chi connectivity index (χ4n) is 5.89. The number of para-hydroxylation sites is 1. The molecule has 7 rings (SSSR count). The fourth-order valence-corrected chi connectivity index (χ4v) is 5.89. The Hall–Kier alpha value is -5.88. The van der Waals surface area contributed by atoms with E-state index in [-0.39, 0.29) is 11.7 Å². The van der Waals surface area contributed by atoms with E-state index in [2.05, 4.69) is 20.5 Å². The number of carbonyl (C=O) groups excluding carboxylic acids is 1. The molecule has 4 heterocycles. The topological polar surface area (TPSA) is 117 Å². The molecule has 0 saturated carbocycles. The van der Waals surface area contributed by atoms with E-state index < -0.39 is 23.2 Å². The number of imidazole rings is 1. The molecule has 48 heavy (non-hydrogen) atoms. The van der Waals surface area contributed by atoms with Crippen LogP contribution in [0.25, 0.3) is 28.3 Å². The van der Waals surface area contributed by atoms with Crippen molar-refractivity contribution < 1.29 is 23.4 Å². The van der Waals surface area contributed by atoms with Crippen LogP contribution < -0.4 is 20.3 Å². The van der Waals surface area contributed by atoms with Crippen LogP contribution in [0.5, 0.6) is 5.75 Å². The average molecular weight is 648 g/mol. The Balaban J connectivity index is 1.22. The molecule has 242 valence electrons. The number of piperidine rings is 1. The van der Waals surface area contributed by atoms with Crippen LogP contribution in [0.3, 0.4) is 0 Å². The largest absolute Gasteiger partial charge is 0.494 e. The van der Waals surface area contributed by atoms with Crippen LogP contribution in [-0.2, 0) is 0 Å². The minimum Gasteiger partial charge on any atom is -0.494 e. The van der Waals surface area contributed by atoms with E-state index in [4.69, 9.17) is 14.7 Å². The first kappa shape index (κ1) is 30.8. The van der Waals surface area contributed by atoms with Crippen LogP contribution in [0.2, 0.25) is 0 Å². The molecule has 6 aromatic rings. The molecule has 1 saturated heterocycles. The van der Waals surface area contributed by atoms with Crippen molar-refractivity contribution in [2.24, 2.45) is 0 Å². The normalized spacial score (nSPS) is 14.6. The van der Waals surface area contributed by atoms with Gasteiger partial charge in [0.15, 0.2) is 0 Å². The minimum atomic E-state index is -0.870. The van der Waals surface area contributed by atoms with Crippen LogP contribution in [-0.4, -0.2) is 56.7 Å². The Morgan fingerprint density at radius 3 is 2.62 bits per heavy atom. The second-order valence-electron chi connectivity index (χ2n) is 11.4. The lowest BCUT2D eigenvalue weighted by Gasteiger charge is -2.32. The third kappa shape index (κ3) is 6.13. The number of aromatic nitrogens is 4. The average Bonchev–Trinajstić information content (AvgIpc) is 3.50. The number of amides is 1. The number of hydrogen-bond donors (Lipinski definition) is 3. The van der Waals surface area contributed by atoms with Gasteiger partial charge < -0.3 is 25.4 Å². The second-order valence-corrected chi connectivity index (χ2v) is 11.4. The molecule has 0 spiro atoms. The van der Waals surface area contributed by atoms with Crippen molar-refractivity contribution in [1.29, 1.82) is 0 Å². The van der Waals surface area contributed by atoms with E-state index in [9.17, 15) is 18.7 Å². The van der Waals surface area contributed by atoms with Gasteiger partial charge in [-0.15, -0.1) is 0 Å². The van der Waals surface area contributed by atoms with Crippen molar-refractivity contribution in [2.45, 2.75) is 18.9 Å². The van der Waals surface area contributed by atoms with E-state index in [1.807, 2.05) is 47.0 Å². The van der Waals surface area contributed by atoms with Crippen molar-refractivity contribution in [2.75, 3.05) is 35.7 Å². The van der Waals surface area contributed by atoms with Gasteiger partial charge in [-0.05, 0) is 67.4 Å². The van der Waals surface area contributed by atoms with Gasteiger partial charge in [0.05, 0.1) is 36.0 Å². The van der Waals surface area contributed by atoms with Crippen LogP contribution >= 0.6 is 0 Å². The molecule has 3 aromatic heterocycles. The summed E-state index contributed by atoms with van der Waals surface area (Å²) in [6, 6.07) is 23.2. The molecular formula is C36H31F2N7O3. The van der Waals surface area contributed by atoms with Gasteiger partial charge in [0.2, 0.25) is 5.95 Å². The number of carbonyl (C=O) groups is 1. The third-order valence-corrected chi connectivity index (χ3v) is 8.22. The Labute approximate surface area is 274 Å². The molecule has 1 unspecified atom stereocenters. The maximum atomic E-state index is 14.2. The van der Waals surface area contributed by atoms with Gasteiger partial charge >= 0.3 is 0 Å². The Morgan fingerprint density at radius 2 is 1.81 bits per heavy atom. The number of aliphatic hydroxyl groups is 1. The first-order chi connectivity index (χ1) is 23.4. The van der Waals surface area contributed by atoms with Crippen LogP contribution in [0, 0.1) is 11.6 Å². The molecule has 1 aliphatic rings. The zero-order valence-electron chi connectivity index (χ0n) is 25.9. The number of fused-ring (bicyclic) bond motifs is 1. The van der Waals surface area contributed by atoms with E-state index in [1.165, 1.54) is 6.07 Å². The standard InChI is InChI=1S/C36H31F2N7O3/c1-48-30-20-24(44-17-6-9-25(46)21-44)13-14-28(30)40-36-39-16-15-29(41-36)34-32(42-31-12-2-3-18-45(31)34)22-7-4-8-23(19-22)35(47)43-33-26(37)10-5-11-27(33)38/h2-5,7-8,10-16,18-20,25,46H,6,9,17,21H2,1H3,(H,43,47)(H,39,40,41). The lowest BCUT2D eigenvalue weighted by molar-refractivity contribution is 0.102. The molecule has 12 heteroatoms. The Kier molecular flexibility index (Phi) is 8.38. The summed E-state index contributed by atoms with van der Waals surface area (Å²) in [7, 11) is 1.60. The number of nitrogens with zero attached hydrogens (tertiary/aromatic N) is 5. The SMILES string of the molecule is COc1cc(N2CCCC(O)C2)ccc1Nc1nccc(-c2c(-c3cccc(C(=O)Nc4c(F)cccc4F)c3)nc3ccccn23)n1. The molecule has 1 aliphatic heterocycles. The Bertz CT molecular complexity index is 2120. The fraction of sp³-hybridized carbons (Fsp3) is 0.167. The molecule has 3 N–H and O–H groups in total. The number of halogens is 2. The lowest BCUT2D eigenvalue weighted by atomic mass is 10.0. The van der Waals surface area contributed by atoms with Gasteiger partial charge in [0, 0.05) is 48.4 Å². The van der Waals surface area contributed by atoms with E-state index in [0.717, 1.165) is 37.2 Å². The minimum absolute atomic E-state index is 0.192. The highest BCUT2D eigenvalue weighted by Gasteiger charge is 2.22. The van der Waals surface area contributed by atoms with E-state index in [1.54, 1.807) is 43.6 Å². The maximum absolute atomic E-state index is 14.2. The number of rotatable bonds is 8.